The Labute approximate surface area is 149 Å². The lowest BCUT2D eigenvalue weighted by Crippen LogP contribution is -2.27. The number of rotatable bonds is 10. The first kappa shape index (κ1) is 18.8. The van der Waals surface area contributed by atoms with Crippen LogP contribution in [0, 0.1) is 0 Å². The third-order valence-electron chi connectivity index (χ3n) is 4.02. The zero-order valence-electron chi connectivity index (χ0n) is 14.2. The Hall–Kier alpha value is -1.55. The maximum atomic E-state index is 9.00. The van der Waals surface area contributed by atoms with E-state index in [1.807, 2.05) is 36.4 Å². The lowest BCUT2D eigenvalue weighted by Gasteiger charge is -2.19. The minimum Gasteiger partial charge on any atom is -0.493 e. The Balaban J connectivity index is 1.89. The van der Waals surface area contributed by atoms with Crippen molar-refractivity contribution in [1.82, 2.24) is 4.90 Å². The van der Waals surface area contributed by atoms with Crippen molar-refractivity contribution in [2.75, 3.05) is 32.8 Å². The minimum atomic E-state index is 0.218. The predicted octanol–water partition coefficient (Wildman–Crippen LogP) is 4.48. The van der Waals surface area contributed by atoms with Gasteiger partial charge in [0.2, 0.25) is 0 Å². The van der Waals surface area contributed by atoms with Gasteiger partial charge in [-0.1, -0.05) is 48.9 Å². The molecule has 0 bridgehead atoms. The van der Waals surface area contributed by atoms with E-state index in [1.54, 1.807) is 0 Å². The van der Waals surface area contributed by atoms with E-state index in [-0.39, 0.29) is 6.61 Å². The molecule has 0 saturated carbocycles. The Morgan fingerprint density at radius 1 is 1.04 bits per heavy atom. The van der Waals surface area contributed by atoms with E-state index in [0.717, 1.165) is 49.4 Å². The van der Waals surface area contributed by atoms with E-state index < -0.39 is 0 Å². The van der Waals surface area contributed by atoms with Crippen molar-refractivity contribution < 1.29 is 9.84 Å². The van der Waals surface area contributed by atoms with Crippen molar-refractivity contribution >= 4 is 11.6 Å². The summed E-state index contributed by atoms with van der Waals surface area (Å²) in [5.74, 6) is 0.869. The molecule has 0 aliphatic rings. The second-order valence-corrected chi connectivity index (χ2v) is 6.16. The topological polar surface area (TPSA) is 32.7 Å². The molecule has 0 amide bonds. The van der Waals surface area contributed by atoms with Crippen LogP contribution in [0.2, 0.25) is 5.02 Å². The zero-order valence-corrected chi connectivity index (χ0v) is 15.0. The molecule has 2 aromatic rings. The molecule has 1 N–H and O–H groups in total. The molecule has 0 aliphatic heterocycles. The number of likely N-dealkylation sites (N-methyl/N-ethyl adjacent to an activating group) is 1. The van der Waals surface area contributed by atoms with Crippen molar-refractivity contribution in [2.24, 2.45) is 0 Å². The summed E-state index contributed by atoms with van der Waals surface area (Å²) in [5, 5.41) is 9.72. The van der Waals surface area contributed by atoms with Crippen LogP contribution in [0.25, 0.3) is 11.1 Å². The summed E-state index contributed by atoms with van der Waals surface area (Å²) in [5.41, 5.74) is 2.13. The standard InChI is InChI=1S/C20H26ClNO2/c1-2-22(13-14-23)12-6-7-15-24-20-11-10-18(21)16-19(20)17-8-4-3-5-9-17/h3-5,8-11,16,23H,2,6-7,12-15H2,1H3. The maximum Gasteiger partial charge on any atom is 0.127 e. The van der Waals surface area contributed by atoms with Crippen LogP contribution in [-0.4, -0.2) is 42.9 Å². The molecule has 24 heavy (non-hydrogen) atoms. The van der Waals surface area contributed by atoms with Crippen LogP contribution < -0.4 is 4.74 Å². The Bertz CT molecular complexity index is 604. The first-order valence-corrected chi connectivity index (χ1v) is 8.93. The molecule has 0 aromatic heterocycles. The van der Waals surface area contributed by atoms with Gasteiger partial charge in [0.15, 0.2) is 0 Å². The van der Waals surface area contributed by atoms with E-state index >= 15 is 0 Å². The van der Waals surface area contributed by atoms with E-state index in [9.17, 15) is 0 Å². The van der Waals surface area contributed by atoms with Gasteiger partial charge in [-0.15, -0.1) is 0 Å². The summed E-state index contributed by atoms with van der Waals surface area (Å²) in [7, 11) is 0. The molecule has 0 atom stereocenters. The van der Waals surface area contributed by atoms with Crippen LogP contribution in [0.5, 0.6) is 5.75 Å². The number of halogens is 1. The Morgan fingerprint density at radius 2 is 1.83 bits per heavy atom. The zero-order chi connectivity index (χ0) is 17.2. The number of hydrogen-bond donors (Lipinski definition) is 1. The summed E-state index contributed by atoms with van der Waals surface area (Å²) >= 11 is 6.15. The monoisotopic (exact) mass is 347 g/mol. The van der Waals surface area contributed by atoms with E-state index in [1.165, 1.54) is 0 Å². The summed E-state index contributed by atoms with van der Waals surface area (Å²) in [4.78, 5) is 2.25. The first-order valence-electron chi connectivity index (χ1n) is 8.55. The van der Waals surface area contributed by atoms with Gasteiger partial charge in [0.1, 0.15) is 5.75 Å². The summed E-state index contributed by atoms with van der Waals surface area (Å²) < 4.78 is 6.00. The molecule has 2 aromatic carbocycles. The third kappa shape index (κ3) is 5.82. The Kier molecular flexibility index (Phi) is 8.10. The van der Waals surface area contributed by atoms with Crippen LogP contribution in [-0.2, 0) is 0 Å². The molecule has 2 rings (SSSR count). The summed E-state index contributed by atoms with van der Waals surface area (Å²) in [6, 6.07) is 15.9. The largest absolute Gasteiger partial charge is 0.493 e. The van der Waals surface area contributed by atoms with Gasteiger partial charge in [0.05, 0.1) is 13.2 Å². The number of unbranched alkanes of at least 4 members (excludes halogenated alkanes) is 1. The normalized spacial score (nSPS) is 11.0. The molecule has 4 heteroatoms. The van der Waals surface area contributed by atoms with E-state index in [0.29, 0.717) is 11.6 Å². The second-order valence-electron chi connectivity index (χ2n) is 5.72. The van der Waals surface area contributed by atoms with Gasteiger partial charge in [-0.2, -0.15) is 0 Å². The third-order valence-corrected chi connectivity index (χ3v) is 4.25. The summed E-state index contributed by atoms with van der Waals surface area (Å²) in [6.07, 6.45) is 2.04. The highest BCUT2D eigenvalue weighted by Crippen LogP contribution is 2.32. The van der Waals surface area contributed by atoms with E-state index in [4.69, 9.17) is 21.4 Å². The number of nitrogens with zero attached hydrogens (tertiary/aromatic N) is 1. The van der Waals surface area contributed by atoms with Crippen molar-refractivity contribution in [3.8, 4) is 16.9 Å². The molecule has 0 fully saturated rings. The first-order chi connectivity index (χ1) is 11.7. The Morgan fingerprint density at radius 3 is 2.54 bits per heavy atom. The fourth-order valence-electron chi connectivity index (χ4n) is 2.66. The van der Waals surface area contributed by atoms with E-state index in [2.05, 4.69) is 24.0 Å². The molecular weight excluding hydrogens is 322 g/mol. The van der Waals surface area contributed by atoms with Gasteiger partial charge in [0.25, 0.3) is 0 Å². The molecule has 130 valence electrons. The molecule has 0 unspecified atom stereocenters. The molecule has 0 aliphatic carbocycles. The van der Waals surface area contributed by atoms with Crippen molar-refractivity contribution in [1.29, 1.82) is 0 Å². The smallest absolute Gasteiger partial charge is 0.127 e. The van der Waals surface area contributed by atoms with Gasteiger partial charge >= 0.3 is 0 Å². The van der Waals surface area contributed by atoms with Crippen LogP contribution in [0.4, 0.5) is 0 Å². The van der Waals surface area contributed by atoms with Crippen LogP contribution >= 0.6 is 11.6 Å². The van der Waals surface area contributed by atoms with Gasteiger partial charge in [-0.3, -0.25) is 0 Å². The maximum absolute atomic E-state index is 9.00. The number of aliphatic hydroxyl groups is 1. The lowest BCUT2D eigenvalue weighted by atomic mass is 10.0. The molecule has 3 nitrogen and oxygen atoms in total. The number of aliphatic hydroxyl groups excluding tert-OH is 1. The molecular formula is C20H26ClNO2. The van der Waals surface area contributed by atoms with Crippen LogP contribution in [0.1, 0.15) is 19.8 Å². The second kappa shape index (κ2) is 10.3. The molecule has 0 heterocycles. The highest BCUT2D eigenvalue weighted by molar-refractivity contribution is 6.31. The molecule has 0 radical (unpaired) electrons. The predicted molar refractivity (Wildman–Crippen MR) is 101 cm³/mol. The van der Waals surface area contributed by atoms with Crippen LogP contribution in [0.15, 0.2) is 48.5 Å². The van der Waals surface area contributed by atoms with Gasteiger partial charge in [0, 0.05) is 17.1 Å². The molecule has 0 spiro atoms. The van der Waals surface area contributed by atoms with Gasteiger partial charge in [-0.05, 0) is 49.7 Å². The highest BCUT2D eigenvalue weighted by atomic mass is 35.5. The SMILES string of the molecule is CCN(CCO)CCCCOc1ccc(Cl)cc1-c1ccccc1. The number of ether oxygens (including phenoxy) is 1. The van der Waals surface area contributed by atoms with Gasteiger partial charge in [-0.25, -0.2) is 0 Å². The number of hydrogen-bond acceptors (Lipinski definition) is 3. The van der Waals surface area contributed by atoms with Crippen molar-refractivity contribution in [2.45, 2.75) is 19.8 Å². The van der Waals surface area contributed by atoms with Crippen molar-refractivity contribution in [3.05, 3.63) is 53.6 Å². The quantitative estimate of drug-likeness (QED) is 0.643. The highest BCUT2D eigenvalue weighted by Gasteiger charge is 2.07. The minimum absolute atomic E-state index is 0.218. The van der Waals surface area contributed by atoms with Gasteiger partial charge < -0.3 is 14.7 Å². The average Bonchev–Trinajstić information content (AvgIpc) is 2.62. The lowest BCUT2D eigenvalue weighted by molar-refractivity contribution is 0.195. The van der Waals surface area contributed by atoms with Crippen molar-refractivity contribution in [3.63, 3.8) is 0 Å². The molecule has 0 saturated heterocycles. The summed E-state index contributed by atoms with van der Waals surface area (Å²) in [6.45, 7) is 5.72. The number of benzene rings is 2. The van der Waals surface area contributed by atoms with Crippen LogP contribution in [0.3, 0.4) is 0 Å². The average molecular weight is 348 g/mol. The fraction of sp³-hybridized carbons (Fsp3) is 0.400. The fourth-order valence-corrected chi connectivity index (χ4v) is 2.83.